The highest BCUT2D eigenvalue weighted by Crippen LogP contribution is 2.53. The van der Waals surface area contributed by atoms with E-state index >= 15 is 0 Å². The first-order valence-electron chi connectivity index (χ1n) is 11.5. The number of hydrogen-bond donors (Lipinski definition) is 0. The SMILES string of the molecule is CC(C)c1ccccc1-c1ncc2c(n1)N(C1CCC13CN(c1cccnc1)C3)C(=O)C2. The second kappa shape index (κ2) is 7.12. The molecule has 2 aliphatic heterocycles. The summed E-state index contributed by atoms with van der Waals surface area (Å²) in [6.45, 7) is 6.31. The molecule has 4 heterocycles. The smallest absolute Gasteiger partial charge is 0.233 e. The standard InChI is InChI=1S/C26H27N5O/c1-17(2)20-7-3-4-8-21(20)24-28-13-18-12-23(32)31(25(18)29-24)22-9-10-26(22)15-30(16-26)19-6-5-11-27-14-19/h3-8,11,13-14,17,22H,9-10,12,15-16H2,1-2H3. The number of carbonyl (C=O) groups excluding carboxylic acids is 1. The maximum Gasteiger partial charge on any atom is 0.233 e. The summed E-state index contributed by atoms with van der Waals surface area (Å²) in [6.07, 6.45) is 8.18. The molecule has 1 aliphatic carbocycles. The predicted molar refractivity (Wildman–Crippen MR) is 125 cm³/mol. The summed E-state index contributed by atoms with van der Waals surface area (Å²) in [6, 6.07) is 12.6. The molecule has 162 valence electrons. The van der Waals surface area contributed by atoms with Crippen molar-refractivity contribution in [1.29, 1.82) is 0 Å². The van der Waals surface area contributed by atoms with Crippen molar-refractivity contribution in [3.05, 3.63) is 66.1 Å². The minimum Gasteiger partial charge on any atom is -0.369 e. The van der Waals surface area contributed by atoms with Gasteiger partial charge in [0.1, 0.15) is 5.82 Å². The summed E-state index contributed by atoms with van der Waals surface area (Å²) in [5, 5.41) is 0. The lowest BCUT2D eigenvalue weighted by atomic mass is 9.59. The molecule has 6 heteroatoms. The predicted octanol–water partition coefficient (Wildman–Crippen LogP) is 4.22. The van der Waals surface area contributed by atoms with Crippen molar-refractivity contribution in [1.82, 2.24) is 15.0 Å². The van der Waals surface area contributed by atoms with Gasteiger partial charge in [-0.3, -0.25) is 14.7 Å². The van der Waals surface area contributed by atoms with E-state index in [2.05, 4.69) is 53.0 Å². The molecule has 6 rings (SSSR count). The molecule has 3 aliphatic rings. The van der Waals surface area contributed by atoms with Crippen LogP contribution in [0.3, 0.4) is 0 Å². The number of nitrogens with zero attached hydrogens (tertiary/aromatic N) is 5. The van der Waals surface area contributed by atoms with Crippen molar-refractivity contribution in [2.75, 3.05) is 22.9 Å². The fourth-order valence-electron chi connectivity index (χ4n) is 5.64. The molecule has 1 spiro atoms. The number of hydrogen-bond acceptors (Lipinski definition) is 5. The zero-order valence-electron chi connectivity index (χ0n) is 18.5. The number of amides is 1. The second-order valence-corrected chi connectivity index (χ2v) is 9.71. The van der Waals surface area contributed by atoms with Gasteiger partial charge in [0.2, 0.25) is 5.91 Å². The highest BCUT2D eigenvalue weighted by atomic mass is 16.2. The van der Waals surface area contributed by atoms with Crippen LogP contribution >= 0.6 is 0 Å². The van der Waals surface area contributed by atoms with Crippen molar-refractivity contribution in [2.24, 2.45) is 5.41 Å². The third kappa shape index (κ3) is 2.85. The Morgan fingerprint density at radius 2 is 1.94 bits per heavy atom. The van der Waals surface area contributed by atoms with Gasteiger partial charge in [0, 0.05) is 48.1 Å². The van der Waals surface area contributed by atoms with Crippen molar-refractivity contribution in [3.63, 3.8) is 0 Å². The Labute approximate surface area is 188 Å². The van der Waals surface area contributed by atoms with Gasteiger partial charge in [0.05, 0.1) is 18.3 Å². The van der Waals surface area contributed by atoms with E-state index in [9.17, 15) is 4.79 Å². The van der Waals surface area contributed by atoms with Crippen LogP contribution in [-0.4, -0.2) is 40.0 Å². The Hall–Kier alpha value is -3.28. The zero-order chi connectivity index (χ0) is 21.9. The van der Waals surface area contributed by atoms with Crippen molar-refractivity contribution >= 4 is 17.4 Å². The Morgan fingerprint density at radius 3 is 2.66 bits per heavy atom. The van der Waals surface area contributed by atoms with Crippen molar-refractivity contribution < 1.29 is 4.79 Å². The summed E-state index contributed by atoms with van der Waals surface area (Å²) in [5.74, 6) is 2.07. The Kier molecular flexibility index (Phi) is 4.32. The molecule has 2 aromatic heterocycles. The first-order valence-corrected chi connectivity index (χ1v) is 11.5. The van der Waals surface area contributed by atoms with Crippen LogP contribution in [0.4, 0.5) is 11.5 Å². The molecular formula is C26H27N5O. The minimum atomic E-state index is 0.160. The number of fused-ring (bicyclic) bond motifs is 1. The Morgan fingerprint density at radius 1 is 1.09 bits per heavy atom. The first kappa shape index (κ1) is 19.4. The van der Waals surface area contributed by atoms with E-state index in [0.29, 0.717) is 18.2 Å². The Bertz CT molecular complexity index is 1190. The third-order valence-corrected chi connectivity index (χ3v) is 7.46. The van der Waals surface area contributed by atoms with Gasteiger partial charge < -0.3 is 4.90 Å². The number of pyridine rings is 1. The van der Waals surface area contributed by atoms with Crippen LogP contribution in [0.2, 0.25) is 0 Å². The second-order valence-electron chi connectivity index (χ2n) is 9.71. The van der Waals surface area contributed by atoms with E-state index in [1.165, 1.54) is 5.56 Å². The van der Waals surface area contributed by atoms with Gasteiger partial charge in [0.15, 0.2) is 5.82 Å². The zero-order valence-corrected chi connectivity index (χ0v) is 18.5. The van der Waals surface area contributed by atoms with Gasteiger partial charge in [-0.1, -0.05) is 38.1 Å². The van der Waals surface area contributed by atoms with Crippen LogP contribution in [0.15, 0.2) is 55.0 Å². The molecule has 1 saturated carbocycles. The fraction of sp³-hybridized carbons (Fsp3) is 0.385. The van der Waals surface area contributed by atoms with E-state index in [4.69, 9.17) is 4.98 Å². The topological polar surface area (TPSA) is 62.2 Å². The summed E-state index contributed by atoms with van der Waals surface area (Å²) in [7, 11) is 0. The van der Waals surface area contributed by atoms with E-state index in [-0.39, 0.29) is 17.4 Å². The summed E-state index contributed by atoms with van der Waals surface area (Å²) < 4.78 is 0. The number of carbonyl (C=O) groups is 1. The van der Waals surface area contributed by atoms with E-state index in [0.717, 1.165) is 48.6 Å². The van der Waals surface area contributed by atoms with E-state index < -0.39 is 0 Å². The van der Waals surface area contributed by atoms with Gasteiger partial charge in [-0.05, 0) is 36.5 Å². The molecule has 6 nitrogen and oxygen atoms in total. The quantitative estimate of drug-likeness (QED) is 0.626. The molecule has 1 aromatic carbocycles. The molecule has 1 amide bonds. The summed E-state index contributed by atoms with van der Waals surface area (Å²) in [4.78, 5) is 31.3. The van der Waals surface area contributed by atoms with Crippen LogP contribution < -0.4 is 9.80 Å². The molecule has 0 N–H and O–H groups in total. The first-order chi connectivity index (χ1) is 15.6. The van der Waals surface area contributed by atoms with Crippen molar-refractivity contribution in [3.8, 4) is 11.4 Å². The van der Waals surface area contributed by atoms with E-state index in [1.54, 1.807) is 6.20 Å². The maximum absolute atomic E-state index is 13.1. The molecule has 0 bridgehead atoms. The highest BCUT2D eigenvalue weighted by molar-refractivity contribution is 6.01. The van der Waals surface area contributed by atoms with Crippen LogP contribution in [0.25, 0.3) is 11.4 Å². The minimum absolute atomic E-state index is 0.160. The Balaban J connectivity index is 1.31. The van der Waals surface area contributed by atoms with Gasteiger partial charge in [-0.25, -0.2) is 9.97 Å². The van der Waals surface area contributed by atoms with Gasteiger partial charge >= 0.3 is 0 Å². The maximum atomic E-state index is 13.1. The lowest BCUT2D eigenvalue weighted by molar-refractivity contribution is -0.119. The third-order valence-electron chi connectivity index (χ3n) is 7.46. The molecular weight excluding hydrogens is 398 g/mol. The average molecular weight is 426 g/mol. The molecule has 0 radical (unpaired) electrons. The molecule has 32 heavy (non-hydrogen) atoms. The summed E-state index contributed by atoms with van der Waals surface area (Å²) in [5.41, 5.74) is 4.56. The largest absolute Gasteiger partial charge is 0.369 e. The van der Waals surface area contributed by atoms with Crippen LogP contribution in [0, 0.1) is 5.41 Å². The van der Waals surface area contributed by atoms with Crippen LogP contribution in [0.5, 0.6) is 0 Å². The molecule has 1 saturated heterocycles. The van der Waals surface area contributed by atoms with Crippen molar-refractivity contribution in [2.45, 2.75) is 45.1 Å². The molecule has 3 aromatic rings. The van der Waals surface area contributed by atoms with Crippen LogP contribution in [-0.2, 0) is 11.2 Å². The number of rotatable bonds is 4. The summed E-state index contributed by atoms with van der Waals surface area (Å²) >= 11 is 0. The number of benzene rings is 1. The lowest BCUT2D eigenvalue weighted by Gasteiger charge is -2.63. The number of aromatic nitrogens is 3. The average Bonchev–Trinajstić information content (AvgIpc) is 3.08. The van der Waals surface area contributed by atoms with Gasteiger partial charge in [-0.2, -0.15) is 0 Å². The lowest BCUT2D eigenvalue weighted by Crippen LogP contribution is -2.71. The molecule has 1 unspecified atom stereocenters. The van der Waals surface area contributed by atoms with Crippen LogP contribution in [0.1, 0.15) is 43.7 Å². The normalized spacial score (nSPS) is 21.0. The van der Waals surface area contributed by atoms with Gasteiger partial charge in [-0.15, -0.1) is 0 Å². The monoisotopic (exact) mass is 425 g/mol. The van der Waals surface area contributed by atoms with E-state index in [1.807, 2.05) is 29.4 Å². The number of anilines is 2. The fourth-order valence-corrected chi connectivity index (χ4v) is 5.64. The molecule has 2 fully saturated rings. The highest BCUT2D eigenvalue weighted by Gasteiger charge is 2.59. The molecule has 1 atom stereocenters. The van der Waals surface area contributed by atoms with Gasteiger partial charge in [0.25, 0.3) is 0 Å².